The molecule has 0 spiro atoms. The second kappa shape index (κ2) is 4.29. The van der Waals surface area contributed by atoms with Gasteiger partial charge in [-0.05, 0) is 13.0 Å². The number of benzene rings is 1. The summed E-state index contributed by atoms with van der Waals surface area (Å²) in [4.78, 5) is 11.6. The number of nitrogens with zero attached hydrogens (tertiary/aromatic N) is 1. The van der Waals surface area contributed by atoms with Crippen molar-refractivity contribution >= 4 is 11.8 Å². The number of hydrogen-bond donors (Lipinski definition) is 1. The van der Waals surface area contributed by atoms with Crippen LogP contribution in [-0.2, 0) is 4.74 Å². The van der Waals surface area contributed by atoms with E-state index in [2.05, 4.69) is 9.89 Å². The molecule has 0 amide bonds. The molecule has 17 heavy (non-hydrogen) atoms. The third-order valence-corrected chi connectivity index (χ3v) is 2.39. The van der Waals surface area contributed by atoms with Crippen LogP contribution in [0.1, 0.15) is 15.9 Å². The lowest BCUT2D eigenvalue weighted by atomic mass is 10.1. The molecule has 0 aliphatic rings. The van der Waals surface area contributed by atoms with E-state index in [1.54, 1.807) is 0 Å². The molecule has 5 heteroatoms. The molecule has 0 aliphatic heterocycles. The molecule has 0 atom stereocenters. The Morgan fingerprint density at radius 3 is 2.88 bits per heavy atom. The van der Waals surface area contributed by atoms with Crippen LogP contribution in [0, 0.1) is 6.92 Å². The second-order valence-electron chi connectivity index (χ2n) is 3.63. The molecule has 0 radical (unpaired) electrons. The minimum Gasteiger partial charge on any atom is -0.465 e. The number of ether oxygens (including phenoxy) is 1. The molecule has 0 saturated heterocycles. The molecular formula is C12H12N2O3. The van der Waals surface area contributed by atoms with Gasteiger partial charge in [-0.1, -0.05) is 28.9 Å². The predicted octanol–water partition coefficient (Wildman–Crippen LogP) is 2.02. The van der Waals surface area contributed by atoms with Gasteiger partial charge in [0.1, 0.15) is 0 Å². The van der Waals surface area contributed by atoms with Gasteiger partial charge in [0.2, 0.25) is 0 Å². The number of carbonyl (C=O) groups excluding carboxylic acids is 1. The fraction of sp³-hybridized carbons (Fsp3) is 0.167. The van der Waals surface area contributed by atoms with Gasteiger partial charge in [-0.15, -0.1) is 0 Å². The number of carbonyl (C=O) groups is 1. The average Bonchev–Trinajstić information content (AvgIpc) is 2.70. The highest BCUT2D eigenvalue weighted by atomic mass is 16.5. The standard InChI is InChI=1S/C12H12N2O3/c1-7-4-3-5-8(6-7)10-9(12(15)16-2)11(13)14-17-10/h3-6H,1-2H3,(H2,13,14). The maximum atomic E-state index is 11.6. The van der Waals surface area contributed by atoms with Crippen LogP contribution < -0.4 is 5.73 Å². The molecule has 2 N–H and O–H groups in total. The van der Waals surface area contributed by atoms with Gasteiger partial charge in [-0.3, -0.25) is 0 Å². The summed E-state index contributed by atoms with van der Waals surface area (Å²) in [6.45, 7) is 1.95. The van der Waals surface area contributed by atoms with Gasteiger partial charge in [0.05, 0.1) is 7.11 Å². The smallest absolute Gasteiger partial charge is 0.345 e. The van der Waals surface area contributed by atoms with Crippen molar-refractivity contribution in [1.29, 1.82) is 0 Å². The third-order valence-electron chi connectivity index (χ3n) is 2.39. The summed E-state index contributed by atoms with van der Waals surface area (Å²) in [5.41, 5.74) is 7.55. The SMILES string of the molecule is COC(=O)c1c(N)noc1-c1cccc(C)c1. The van der Waals surface area contributed by atoms with Gasteiger partial charge in [-0.25, -0.2) is 4.79 Å². The van der Waals surface area contributed by atoms with Crippen LogP contribution in [0.3, 0.4) is 0 Å². The highest BCUT2D eigenvalue weighted by molar-refractivity contribution is 6.00. The van der Waals surface area contributed by atoms with Crippen LogP contribution in [0.25, 0.3) is 11.3 Å². The number of aromatic nitrogens is 1. The minimum atomic E-state index is -0.555. The largest absolute Gasteiger partial charge is 0.465 e. The molecule has 1 heterocycles. The van der Waals surface area contributed by atoms with Crippen molar-refractivity contribution in [1.82, 2.24) is 5.16 Å². The maximum absolute atomic E-state index is 11.6. The van der Waals surface area contributed by atoms with Crippen LogP contribution in [-0.4, -0.2) is 18.2 Å². The molecule has 0 aliphatic carbocycles. The zero-order valence-corrected chi connectivity index (χ0v) is 9.56. The minimum absolute atomic E-state index is 0.0355. The molecule has 0 fully saturated rings. The van der Waals surface area contributed by atoms with Crippen molar-refractivity contribution in [2.45, 2.75) is 6.92 Å². The molecule has 0 unspecified atom stereocenters. The lowest BCUT2D eigenvalue weighted by molar-refractivity contribution is 0.0602. The number of rotatable bonds is 2. The normalized spacial score (nSPS) is 10.2. The fourth-order valence-corrected chi connectivity index (χ4v) is 1.59. The summed E-state index contributed by atoms with van der Waals surface area (Å²) < 4.78 is 9.73. The maximum Gasteiger partial charge on any atom is 0.345 e. The molecule has 1 aromatic carbocycles. The lowest BCUT2D eigenvalue weighted by Crippen LogP contribution is -2.05. The van der Waals surface area contributed by atoms with Gasteiger partial charge in [-0.2, -0.15) is 0 Å². The number of esters is 1. The zero-order chi connectivity index (χ0) is 12.4. The monoisotopic (exact) mass is 232 g/mol. The zero-order valence-electron chi connectivity index (χ0n) is 9.56. The number of anilines is 1. The number of aryl methyl sites for hydroxylation is 1. The van der Waals surface area contributed by atoms with Crippen molar-refractivity contribution in [3.8, 4) is 11.3 Å². The van der Waals surface area contributed by atoms with Crippen molar-refractivity contribution in [3.63, 3.8) is 0 Å². The number of nitrogen functional groups attached to an aromatic ring is 1. The highest BCUT2D eigenvalue weighted by Crippen LogP contribution is 2.28. The van der Waals surface area contributed by atoms with Crippen LogP contribution in [0.5, 0.6) is 0 Å². The Morgan fingerprint density at radius 2 is 2.24 bits per heavy atom. The summed E-state index contributed by atoms with van der Waals surface area (Å²) in [6, 6.07) is 7.51. The molecule has 2 aromatic rings. The van der Waals surface area contributed by atoms with E-state index in [4.69, 9.17) is 10.3 Å². The van der Waals surface area contributed by atoms with Crippen molar-refractivity contribution < 1.29 is 14.1 Å². The van der Waals surface area contributed by atoms with Crippen LogP contribution in [0.4, 0.5) is 5.82 Å². The first-order valence-corrected chi connectivity index (χ1v) is 5.04. The molecule has 0 saturated carbocycles. The molecular weight excluding hydrogens is 220 g/mol. The van der Waals surface area contributed by atoms with Crippen molar-refractivity contribution in [2.24, 2.45) is 0 Å². The second-order valence-corrected chi connectivity index (χ2v) is 3.63. The van der Waals surface area contributed by atoms with Crippen LogP contribution >= 0.6 is 0 Å². The van der Waals surface area contributed by atoms with Crippen LogP contribution in [0.15, 0.2) is 28.8 Å². The van der Waals surface area contributed by atoms with E-state index in [0.717, 1.165) is 11.1 Å². The highest BCUT2D eigenvalue weighted by Gasteiger charge is 2.23. The first kappa shape index (κ1) is 11.2. The van der Waals surface area contributed by atoms with Crippen molar-refractivity contribution in [3.05, 3.63) is 35.4 Å². The van der Waals surface area contributed by atoms with Gasteiger partial charge < -0.3 is 15.0 Å². The lowest BCUT2D eigenvalue weighted by Gasteiger charge is -2.01. The van der Waals surface area contributed by atoms with E-state index in [1.807, 2.05) is 31.2 Å². The number of nitrogens with two attached hydrogens (primary N) is 1. The van der Waals surface area contributed by atoms with Crippen molar-refractivity contribution in [2.75, 3.05) is 12.8 Å². The molecule has 5 nitrogen and oxygen atoms in total. The Kier molecular flexibility index (Phi) is 2.82. The summed E-state index contributed by atoms with van der Waals surface area (Å²) in [5.74, 6) is -0.188. The fourth-order valence-electron chi connectivity index (χ4n) is 1.59. The van der Waals surface area contributed by atoms with E-state index in [9.17, 15) is 4.79 Å². The van der Waals surface area contributed by atoms with Crippen LogP contribution in [0.2, 0.25) is 0 Å². The Morgan fingerprint density at radius 1 is 1.47 bits per heavy atom. The van der Waals surface area contributed by atoms with E-state index in [1.165, 1.54) is 7.11 Å². The van der Waals surface area contributed by atoms with Gasteiger partial charge in [0, 0.05) is 5.56 Å². The summed E-state index contributed by atoms with van der Waals surface area (Å²) >= 11 is 0. The Hall–Kier alpha value is -2.30. The Labute approximate surface area is 98.2 Å². The Balaban J connectivity index is 2.57. The predicted molar refractivity (Wildman–Crippen MR) is 62.4 cm³/mol. The van der Waals surface area contributed by atoms with Gasteiger partial charge in [0.15, 0.2) is 17.1 Å². The third kappa shape index (κ3) is 1.99. The number of methoxy groups -OCH3 is 1. The first-order valence-electron chi connectivity index (χ1n) is 5.04. The summed E-state index contributed by atoms with van der Waals surface area (Å²) in [6.07, 6.45) is 0. The average molecular weight is 232 g/mol. The van der Waals surface area contributed by atoms with E-state index in [0.29, 0.717) is 5.76 Å². The van der Waals surface area contributed by atoms with Gasteiger partial charge >= 0.3 is 5.97 Å². The van der Waals surface area contributed by atoms with E-state index in [-0.39, 0.29) is 11.4 Å². The Bertz CT molecular complexity index is 561. The topological polar surface area (TPSA) is 78.4 Å². The van der Waals surface area contributed by atoms with E-state index >= 15 is 0 Å². The number of hydrogen-bond acceptors (Lipinski definition) is 5. The molecule has 88 valence electrons. The summed E-state index contributed by atoms with van der Waals surface area (Å²) in [5, 5.41) is 3.59. The first-order chi connectivity index (χ1) is 8.13. The summed E-state index contributed by atoms with van der Waals surface area (Å²) in [7, 11) is 1.29. The molecule has 1 aromatic heterocycles. The molecule has 0 bridgehead atoms. The van der Waals surface area contributed by atoms with E-state index < -0.39 is 5.97 Å². The van der Waals surface area contributed by atoms with Gasteiger partial charge in [0.25, 0.3) is 0 Å². The molecule has 2 rings (SSSR count). The quantitative estimate of drug-likeness (QED) is 0.801.